The van der Waals surface area contributed by atoms with Gasteiger partial charge in [0.05, 0.1) is 18.2 Å². The van der Waals surface area contributed by atoms with Gasteiger partial charge in [0.15, 0.2) is 0 Å². The second-order valence-electron chi connectivity index (χ2n) is 8.11. The molecule has 2 aromatic carbocycles. The molecule has 33 heavy (non-hydrogen) atoms. The number of nitrogens with one attached hydrogen (secondary N) is 1. The first-order chi connectivity index (χ1) is 16.1. The molecule has 0 saturated heterocycles. The van der Waals surface area contributed by atoms with Crippen molar-refractivity contribution in [1.29, 1.82) is 5.26 Å². The van der Waals surface area contributed by atoms with Crippen molar-refractivity contribution in [3.63, 3.8) is 0 Å². The highest BCUT2D eigenvalue weighted by Gasteiger charge is 2.17. The minimum Gasteiger partial charge on any atom is -0.334 e. The minimum atomic E-state index is -0.221. The van der Waals surface area contributed by atoms with Crippen LogP contribution >= 0.6 is 0 Å². The lowest BCUT2D eigenvalue weighted by atomic mass is 10.1. The van der Waals surface area contributed by atoms with Crippen LogP contribution in [0.3, 0.4) is 0 Å². The van der Waals surface area contributed by atoms with Gasteiger partial charge in [-0.15, -0.1) is 0 Å². The normalized spacial score (nSPS) is 12.5. The number of carbonyl (C=O) groups excluding carboxylic acids is 2. The maximum Gasteiger partial charge on any atom is 0.227 e. The lowest BCUT2D eigenvalue weighted by Gasteiger charge is -2.21. The number of carbonyl (C=O) groups is 2. The third-order valence-electron chi connectivity index (χ3n) is 5.76. The standard InChI is InChI=1S/C26H27N5O2/c27-16-6-18-31(22-7-2-1-3-8-22)26(33)15-14-25(32)28-21-12-10-20(11-13-21)23-19-30-17-5-4-9-24(30)29-23/h1-3,7-8,10-13,19H,4-6,9,14-15,17-18H2,(H,28,32). The fraction of sp³-hybridized carbons (Fsp3) is 0.308. The molecule has 0 radical (unpaired) electrons. The van der Waals surface area contributed by atoms with Crippen LogP contribution in [0.4, 0.5) is 11.4 Å². The Kier molecular flexibility index (Phi) is 7.16. The maximum absolute atomic E-state index is 12.7. The smallest absolute Gasteiger partial charge is 0.227 e. The van der Waals surface area contributed by atoms with Crippen LogP contribution in [0.15, 0.2) is 60.8 Å². The van der Waals surface area contributed by atoms with Crippen molar-refractivity contribution in [3.05, 3.63) is 66.6 Å². The van der Waals surface area contributed by atoms with E-state index in [2.05, 4.69) is 22.1 Å². The Hall–Kier alpha value is -3.92. The summed E-state index contributed by atoms with van der Waals surface area (Å²) in [5.41, 5.74) is 3.38. The second kappa shape index (κ2) is 10.6. The molecule has 4 rings (SSSR count). The Morgan fingerprint density at radius 2 is 1.85 bits per heavy atom. The van der Waals surface area contributed by atoms with Crippen LogP contribution in [-0.2, 0) is 22.6 Å². The average molecular weight is 442 g/mol. The van der Waals surface area contributed by atoms with E-state index in [0.29, 0.717) is 12.2 Å². The molecule has 0 bridgehead atoms. The zero-order valence-electron chi connectivity index (χ0n) is 18.5. The number of imidazole rings is 1. The van der Waals surface area contributed by atoms with E-state index in [1.165, 1.54) is 12.8 Å². The van der Waals surface area contributed by atoms with Crippen molar-refractivity contribution < 1.29 is 9.59 Å². The van der Waals surface area contributed by atoms with E-state index in [-0.39, 0.29) is 31.1 Å². The molecule has 168 valence electrons. The van der Waals surface area contributed by atoms with Gasteiger partial charge in [-0.25, -0.2) is 4.98 Å². The van der Waals surface area contributed by atoms with Gasteiger partial charge in [0.25, 0.3) is 0 Å². The largest absolute Gasteiger partial charge is 0.334 e. The highest BCUT2D eigenvalue weighted by molar-refractivity contribution is 5.98. The molecule has 0 atom stereocenters. The summed E-state index contributed by atoms with van der Waals surface area (Å²) in [6, 6.07) is 18.9. The van der Waals surface area contributed by atoms with E-state index in [4.69, 9.17) is 10.2 Å². The van der Waals surface area contributed by atoms with Gasteiger partial charge in [-0.05, 0) is 37.1 Å². The Bertz CT molecular complexity index is 1120. The second-order valence-corrected chi connectivity index (χ2v) is 8.11. The predicted octanol–water partition coefficient (Wildman–Crippen LogP) is 4.55. The van der Waals surface area contributed by atoms with Gasteiger partial charge < -0.3 is 14.8 Å². The molecule has 1 aliphatic heterocycles. The molecule has 0 spiro atoms. The summed E-state index contributed by atoms with van der Waals surface area (Å²) in [4.78, 5) is 31.4. The first-order valence-corrected chi connectivity index (χ1v) is 11.3. The predicted molar refractivity (Wildman–Crippen MR) is 127 cm³/mol. The van der Waals surface area contributed by atoms with Crippen molar-refractivity contribution in [2.24, 2.45) is 0 Å². The van der Waals surface area contributed by atoms with Crippen LogP contribution in [0.25, 0.3) is 11.3 Å². The third kappa shape index (κ3) is 5.66. The highest BCUT2D eigenvalue weighted by atomic mass is 16.2. The zero-order chi connectivity index (χ0) is 23.0. The van der Waals surface area contributed by atoms with Crippen LogP contribution in [0.1, 0.15) is 37.9 Å². The summed E-state index contributed by atoms with van der Waals surface area (Å²) in [5, 5.41) is 11.8. The summed E-state index contributed by atoms with van der Waals surface area (Å²) in [7, 11) is 0. The third-order valence-corrected chi connectivity index (χ3v) is 5.76. The Morgan fingerprint density at radius 3 is 2.58 bits per heavy atom. The highest BCUT2D eigenvalue weighted by Crippen LogP contribution is 2.24. The first-order valence-electron chi connectivity index (χ1n) is 11.3. The topological polar surface area (TPSA) is 91.0 Å². The fourth-order valence-electron chi connectivity index (χ4n) is 4.02. The number of hydrogen-bond donors (Lipinski definition) is 1. The van der Waals surface area contributed by atoms with Gasteiger partial charge in [-0.2, -0.15) is 5.26 Å². The number of amides is 2. The molecule has 1 N–H and O–H groups in total. The monoisotopic (exact) mass is 441 g/mol. The van der Waals surface area contributed by atoms with E-state index in [1.807, 2.05) is 54.6 Å². The number of fused-ring (bicyclic) bond motifs is 1. The molecule has 0 saturated carbocycles. The van der Waals surface area contributed by atoms with Crippen LogP contribution in [-0.4, -0.2) is 27.9 Å². The summed E-state index contributed by atoms with van der Waals surface area (Å²) < 4.78 is 2.22. The molecule has 0 fully saturated rings. The lowest BCUT2D eigenvalue weighted by Crippen LogP contribution is -2.32. The number of nitriles is 1. The number of aryl methyl sites for hydroxylation is 2. The number of nitrogens with zero attached hydrogens (tertiary/aromatic N) is 4. The molecular weight excluding hydrogens is 414 g/mol. The molecule has 0 unspecified atom stereocenters. The lowest BCUT2D eigenvalue weighted by molar-refractivity contribution is -0.122. The SMILES string of the molecule is N#CCCN(C(=O)CCC(=O)Nc1ccc(-c2cn3c(n2)CCCC3)cc1)c1ccccc1. The van der Waals surface area contributed by atoms with Crippen LogP contribution in [0, 0.1) is 11.3 Å². The van der Waals surface area contributed by atoms with Gasteiger partial charge in [0.2, 0.25) is 11.8 Å². The van der Waals surface area contributed by atoms with Crippen LogP contribution in [0.2, 0.25) is 0 Å². The van der Waals surface area contributed by atoms with E-state index in [1.54, 1.807) is 4.90 Å². The minimum absolute atomic E-state index is 0.0736. The number of benzene rings is 2. The van der Waals surface area contributed by atoms with Gasteiger partial charge in [-0.1, -0.05) is 30.3 Å². The Balaban J connectivity index is 1.32. The van der Waals surface area contributed by atoms with Crippen molar-refractivity contribution in [3.8, 4) is 17.3 Å². The van der Waals surface area contributed by atoms with Crippen molar-refractivity contribution in [2.45, 2.75) is 45.1 Å². The van der Waals surface area contributed by atoms with Crippen molar-refractivity contribution in [1.82, 2.24) is 9.55 Å². The van der Waals surface area contributed by atoms with Gasteiger partial charge in [0.1, 0.15) is 5.82 Å². The molecule has 1 aromatic heterocycles. The Labute approximate surface area is 193 Å². The van der Waals surface area contributed by atoms with Crippen LogP contribution < -0.4 is 10.2 Å². The molecule has 2 amide bonds. The Morgan fingerprint density at radius 1 is 1.06 bits per heavy atom. The number of rotatable bonds is 8. The van der Waals surface area contributed by atoms with Gasteiger partial charge in [0, 0.05) is 55.5 Å². The van der Waals surface area contributed by atoms with Crippen molar-refractivity contribution in [2.75, 3.05) is 16.8 Å². The fourth-order valence-corrected chi connectivity index (χ4v) is 4.02. The van der Waals surface area contributed by atoms with E-state index in [0.717, 1.165) is 35.7 Å². The van der Waals surface area contributed by atoms with Gasteiger partial charge >= 0.3 is 0 Å². The van der Waals surface area contributed by atoms with E-state index >= 15 is 0 Å². The zero-order valence-corrected chi connectivity index (χ0v) is 18.5. The molecule has 0 aliphatic carbocycles. The number of anilines is 2. The molecular formula is C26H27N5O2. The molecule has 3 aromatic rings. The van der Waals surface area contributed by atoms with E-state index < -0.39 is 0 Å². The van der Waals surface area contributed by atoms with Crippen LogP contribution in [0.5, 0.6) is 0 Å². The molecule has 7 nitrogen and oxygen atoms in total. The summed E-state index contributed by atoms with van der Waals surface area (Å²) in [5.74, 6) is 0.741. The molecule has 2 heterocycles. The quantitative estimate of drug-likeness (QED) is 0.555. The van der Waals surface area contributed by atoms with E-state index in [9.17, 15) is 9.59 Å². The average Bonchev–Trinajstić information content (AvgIpc) is 3.28. The summed E-state index contributed by atoms with van der Waals surface area (Å²) >= 11 is 0. The van der Waals surface area contributed by atoms with Gasteiger partial charge in [-0.3, -0.25) is 9.59 Å². The first kappa shape index (κ1) is 22.3. The maximum atomic E-state index is 12.7. The molecule has 1 aliphatic rings. The molecule has 7 heteroatoms. The van der Waals surface area contributed by atoms with Crippen molar-refractivity contribution >= 4 is 23.2 Å². The number of para-hydroxylation sites is 1. The summed E-state index contributed by atoms with van der Waals surface area (Å²) in [6.45, 7) is 1.33. The number of hydrogen-bond acceptors (Lipinski definition) is 4. The number of aromatic nitrogens is 2. The summed E-state index contributed by atoms with van der Waals surface area (Å²) in [6.07, 6.45) is 5.88.